The van der Waals surface area contributed by atoms with Crippen molar-refractivity contribution in [2.24, 2.45) is 5.92 Å². The molecule has 1 N–H and O–H groups in total. The van der Waals surface area contributed by atoms with E-state index in [1.165, 1.54) is 17.6 Å². The van der Waals surface area contributed by atoms with Crippen molar-refractivity contribution < 1.29 is 50.5 Å². The summed E-state index contributed by atoms with van der Waals surface area (Å²) in [5, 5.41) is 21.3. The Morgan fingerprint density at radius 3 is 2.42 bits per heavy atom. The molecular formula is C39H42F6N4O5S. The molecule has 9 nitrogen and oxygen atoms in total. The first-order valence-electron chi connectivity index (χ1n) is 18.4. The van der Waals surface area contributed by atoms with Crippen LogP contribution in [0.15, 0.2) is 54.0 Å². The minimum atomic E-state index is -4.68. The molecule has 6 rings (SSSR count). The number of thiophene rings is 1. The lowest BCUT2D eigenvalue weighted by Crippen LogP contribution is -2.67. The van der Waals surface area contributed by atoms with Gasteiger partial charge >= 0.3 is 18.3 Å². The van der Waals surface area contributed by atoms with Gasteiger partial charge in [-0.25, -0.2) is 0 Å². The van der Waals surface area contributed by atoms with Crippen molar-refractivity contribution in [3.63, 3.8) is 0 Å². The predicted molar refractivity (Wildman–Crippen MR) is 189 cm³/mol. The van der Waals surface area contributed by atoms with Gasteiger partial charge in [0.15, 0.2) is 0 Å². The van der Waals surface area contributed by atoms with E-state index >= 15 is 4.79 Å². The molecule has 1 aliphatic carbocycles. The number of carbonyl (C=O) groups excluding carboxylic acids is 1. The number of carbonyl (C=O) groups is 2. The molecule has 1 aromatic carbocycles. The van der Waals surface area contributed by atoms with Crippen LogP contribution in [0.3, 0.4) is 0 Å². The van der Waals surface area contributed by atoms with E-state index in [-0.39, 0.29) is 56.4 Å². The molecule has 55 heavy (non-hydrogen) atoms. The molecule has 3 fully saturated rings. The van der Waals surface area contributed by atoms with Crippen LogP contribution in [0.1, 0.15) is 86.4 Å². The molecule has 296 valence electrons. The summed E-state index contributed by atoms with van der Waals surface area (Å²) in [6, 6.07) is 11.7. The van der Waals surface area contributed by atoms with Crippen LogP contribution in [0, 0.1) is 17.2 Å². The molecule has 2 aliphatic heterocycles. The number of nitrogens with zero attached hydrogens (tertiary/aromatic N) is 4. The number of nitriles is 1. The maximum atomic E-state index is 15.0. The van der Waals surface area contributed by atoms with E-state index in [2.05, 4.69) is 11.1 Å². The quantitative estimate of drug-likeness (QED) is 0.192. The van der Waals surface area contributed by atoms with Crippen molar-refractivity contribution in [3.05, 3.63) is 75.7 Å². The molecule has 0 bridgehead atoms. The summed E-state index contributed by atoms with van der Waals surface area (Å²) in [7, 11) is 0. The van der Waals surface area contributed by atoms with E-state index in [4.69, 9.17) is 9.47 Å². The summed E-state index contributed by atoms with van der Waals surface area (Å²) in [6.45, 7) is 2.07. The minimum absolute atomic E-state index is 0.0884. The second-order valence-corrected chi connectivity index (χ2v) is 15.5. The zero-order chi connectivity index (χ0) is 39.6. The largest absolute Gasteiger partial charge is 0.490 e. The summed E-state index contributed by atoms with van der Waals surface area (Å²) in [5.74, 6) is -1.58. The van der Waals surface area contributed by atoms with E-state index in [1.807, 2.05) is 6.92 Å². The third kappa shape index (κ3) is 8.42. The average molecular weight is 793 g/mol. The summed E-state index contributed by atoms with van der Waals surface area (Å²) in [4.78, 5) is 33.0. The van der Waals surface area contributed by atoms with Crippen LogP contribution < -0.4 is 9.47 Å². The molecule has 2 aromatic heterocycles. The first kappa shape index (κ1) is 40.3. The molecule has 3 aliphatic rings. The molecule has 3 aromatic rings. The Bertz CT molecular complexity index is 1890. The van der Waals surface area contributed by atoms with Gasteiger partial charge in [0.05, 0.1) is 40.8 Å². The van der Waals surface area contributed by atoms with Crippen LogP contribution in [0.25, 0.3) is 0 Å². The van der Waals surface area contributed by atoms with Crippen LogP contribution in [-0.2, 0) is 33.9 Å². The average Bonchev–Trinajstić information content (AvgIpc) is 3.83. The fourth-order valence-electron chi connectivity index (χ4n) is 8.41. The number of aromatic nitrogens is 1. The number of alkyl halides is 6. The number of halogens is 6. The highest BCUT2D eigenvalue weighted by Crippen LogP contribution is 2.45. The number of amides is 1. The Labute approximate surface area is 318 Å². The van der Waals surface area contributed by atoms with Gasteiger partial charge in [-0.05, 0) is 76.1 Å². The van der Waals surface area contributed by atoms with Gasteiger partial charge in [0, 0.05) is 42.8 Å². The maximum absolute atomic E-state index is 15.0. The predicted octanol–water partition coefficient (Wildman–Crippen LogP) is 8.48. The number of likely N-dealkylation sites (tertiary alicyclic amines) is 2. The van der Waals surface area contributed by atoms with E-state index in [0.717, 1.165) is 12.1 Å². The molecule has 2 saturated heterocycles. The Morgan fingerprint density at radius 2 is 1.78 bits per heavy atom. The standard InChI is InChI=1S/C39H42F6N4O5S/c1-2-7-32-37(54-27-21-33(55-23-27)39(43,44)45,13-6-17-49(32)22-30-28(38(40,41)42)9-5-16-47-30)35(52)48-18-14-36(24-46,15-19-48)29-8-3-4-10-31(29)53-26-12-11-25(20-26)34(50)51/h3-5,8-10,16,21,23,25-26,32H,2,6-7,11-15,17-20,22H2,1H3,(H,50,51)/t25-,26+,32-,37+/m1/s1. The molecule has 4 heterocycles. The molecule has 1 amide bonds. The van der Waals surface area contributed by atoms with Crippen molar-refractivity contribution in [1.29, 1.82) is 5.26 Å². The van der Waals surface area contributed by atoms with Gasteiger partial charge in [0.2, 0.25) is 5.60 Å². The Morgan fingerprint density at radius 1 is 1.04 bits per heavy atom. The number of carboxylic acids is 1. The molecular weight excluding hydrogens is 751 g/mol. The van der Waals surface area contributed by atoms with Gasteiger partial charge in [0.1, 0.15) is 16.4 Å². The third-order valence-electron chi connectivity index (χ3n) is 11.1. The topological polar surface area (TPSA) is 116 Å². The molecule has 0 radical (unpaired) electrons. The smallest absolute Gasteiger partial charge is 0.425 e. The minimum Gasteiger partial charge on any atom is -0.490 e. The van der Waals surface area contributed by atoms with Gasteiger partial charge in [0.25, 0.3) is 5.91 Å². The lowest BCUT2D eigenvalue weighted by Gasteiger charge is -2.51. The normalized spacial score (nSPS) is 24.6. The fourth-order valence-corrected chi connectivity index (χ4v) is 9.09. The molecule has 4 atom stereocenters. The van der Waals surface area contributed by atoms with E-state index in [0.29, 0.717) is 67.7 Å². The highest BCUT2D eigenvalue weighted by atomic mass is 32.1. The number of ether oxygens (including phenoxy) is 2. The number of pyridine rings is 1. The first-order chi connectivity index (χ1) is 26.1. The van der Waals surface area contributed by atoms with Crippen molar-refractivity contribution in [2.45, 2.75) is 107 Å². The van der Waals surface area contributed by atoms with Crippen molar-refractivity contribution in [1.82, 2.24) is 14.8 Å². The lowest BCUT2D eigenvalue weighted by molar-refractivity contribution is -0.163. The Hall–Kier alpha value is -4.36. The van der Waals surface area contributed by atoms with Gasteiger partial charge in [-0.1, -0.05) is 31.5 Å². The number of para-hydroxylation sites is 1. The van der Waals surface area contributed by atoms with Crippen LogP contribution in [0.2, 0.25) is 0 Å². The zero-order valence-corrected chi connectivity index (χ0v) is 31.0. The number of benzene rings is 1. The Kier molecular flexibility index (Phi) is 11.7. The summed E-state index contributed by atoms with van der Waals surface area (Å²) in [6.07, 6.45) is -5.45. The third-order valence-corrected chi connectivity index (χ3v) is 12.1. The van der Waals surface area contributed by atoms with Crippen molar-refractivity contribution >= 4 is 23.2 Å². The van der Waals surface area contributed by atoms with E-state index < -0.39 is 57.6 Å². The van der Waals surface area contributed by atoms with E-state index in [9.17, 15) is 41.5 Å². The molecule has 0 spiro atoms. The van der Waals surface area contributed by atoms with Gasteiger partial charge in [-0.2, -0.15) is 31.6 Å². The summed E-state index contributed by atoms with van der Waals surface area (Å²) in [5.41, 5.74) is -3.36. The molecule has 0 unspecified atom stereocenters. The number of carboxylic acid groups (broad SMARTS) is 1. The highest BCUT2D eigenvalue weighted by molar-refractivity contribution is 7.10. The molecule has 1 saturated carbocycles. The van der Waals surface area contributed by atoms with Crippen LogP contribution in [-0.4, -0.2) is 69.1 Å². The van der Waals surface area contributed by atoms with Crippen molar-refractivity contribution in [2.75, 3.05) is 19.6 Å². The summed E-state index contributed by atoms with van der Waals surface area (Å²) >= 11 is 0.428. The number of rotatable bonds is 11. The van der Waals surface area contributed by atoms with Crippen LogP contribution >= 0.6 is 11.3 Å². The summed E-state index contributed by atoms with van der Waals surface area (Å²) < 4.78 is 96.1. The zero-order valence-electron chi connectivity index (χ0n) is 30.2. The second kappa shape index (κ2) is 16.0. The second-order valence-electron chi connectivity index (χ2n) is 14.6. The van der Waals surface area contributed by atoms with Crippen LogP contribution in [0.4, 0.5) is 26.3 Å². The van der Waals surface area contributed by atoms with E-state index in [1.54, 1.807) is 34.1 Å². The highest BCUT2D eigenvalue weighted by Gasteiger charge is 2.55. The van der Waals surface area contributed by atoms with Gasteiger partial charge < -0.3 is 19.5 Å². The Balaban J connectivity index is 1.31. The van der Waals surface area contributed by atoms with Gasteiger partial charge in [-0.3, -0.25) is 19.5 Å². The van der Waals surface area contributed by atoms with Crippen molar-refractivity contribution in [3.8, 4) is 17.6 Å². The first-order valence-corrected chi connectivity index (χ1v) is 19.3. The fraction of sp³-hybridized carbons (Fsp3) is 0.538. The molecule has 16 heteroatoms. The SMILES string of the molecule is CCC[C@H]1N(Cc2ncccc2C(F)(F)F)CCC[C@@]1(Oc1csc(C(F)(F)F)c1)C(=O)N1CCC(C#N)(c2ccccc2O[C@H]2CC[C@@H](C(=O)O)C2)CC1. The van der Waals surface area contributed by atoms with Crippen LogP contribution in [0.5, 0.6) is 11.5 Å². The lowest BCUT2D eigenvalue weighted by atomic mass is 9.72. The number of piperidine rings is 2. The maximum Gasteiger partial charge on any atom is 0.425 e. The monoisotopic (exact) mass is 792 g/mol. The van der Waals surface area contributed by atoms with Gasteiger partial charge in [-0.15, -0.1) is 11.3 Å². The number of hydrogen-bond donors (Lipinski definition) is 1. The number of aliphatic carboxylic acids is 1. The number of hydrogen-bond acceptors (Lipinski definition) is 8.